The Kier molecular flexibility index (Phi) is 5.30. The van der Waals surface area contributed by atoms with Gasteiger partial charge < -0.3 is 19.1 Å². The van der Waals surface area contributed by atoms with Gasteiger partial charge in [0.05, 0.1) is 21.3 Å². The molecule has 0 aromatic heterocycles. The molecule has 6 heteroatoms. The van der Waals surface area contributed by atoms with Crippen LogP contribution in [0.4, 0.5) is 4.39 Å². The van der Waals surface area contributed by atoms with Crippen LogP contribution in [-0.4, -0.2) is 38.2 Å². The summed E-state index contributed by atoms with van der Waals surface area (Å²) in [5, 5.41) is 0. The second-order valence-electron chi connectivity index (χ2n) is 6.21. The van der Waals surface area contributed by atoms with Crippen LogP contribution in [0.3, 0.4) is 0 Å². The molecule has 1 saturated carbocycles. The predicted molar refractivity (Wildman–Crippen MR) is 95.4 cm³/mol. The zero-order chi connectivity index (χ0) is 18.7. The number of amides is 1. The molecule has 0 bridgehead atoms. The monoisotopic (exact) mass is 359 g/mol. The first-order valence-corrected chi connectivity index (χ1v) is 8.42. The molecule has 138 valence electrons. The Labute approximate surface area is 152 Å². The minimum absolute atomic E-state index is 0.143. The van der Waals surface area contributed by atoms with Crippen LogP contribution in [0.15, 0.2) is 36.4 Å². The zero-order valence-corrected chi connectivity index (χ0v) is 15.1. The first-order chi connectivity index (χ1) is 12.6. The van der Waals surface area contributed by atoms with Crippen LogP contribution in [0.25, 0.3) is 0 Å². The van der Waals surface area contributed by atoms with E-state index in [9.17, 15) is 9.18 Å². The Morgan fingerprint density at radius 2 is 1.73 bits per heavy atom. The molecule has 2 aromatic rings. The number of methoxy groups -OCH3 is 3. The number of ether oxygens (including phenoxy) is 3. The van der Waals surface area contributed by atoms with Gasteiger partial charge in [0.15, 0.2) is 11.5 Å². The Bertz CT molecular complexity index is 779. The van der Waals surface area contributed by atoms with Crippen LogP contribution in [0, 0.1) is 5.82 Å². The van der Waals surface area contributed by atoms with Crippen molar-refractivity contribution in [3.63, 3.8) is 0 Å². The van der Waals surface area contributed by atoms with Gasteiger partial charge in [-0.25, -0.2) is 4.39 Å². The highest BCUT2D eigenvalue weighted by Gasteiger charge is 2.34. The van der Waals surface area contributed by atoms with Crippen molar-refractivity contribution < 1.29 is 23.4 Å². The van der Waals surface area contributed by atoms with E-state index >= 15 is 0 Å². The minimum atomic E-state index is -0.307. The maximum absolute atomic E-state index is 13.5. The Morgan fingerprint density at radius 1 is 1.08 bits per heavy atom. The second kappa shape index (κ2) is 7.64. The van der Waals surface area contributed by atoms with Crippen molar-refractivity contribution in [2.45, 2.75) is 25.4 Å². The van der Waals surface area contributed by atoms with Gasteiger partial charge in [-0.1, -0.05) is 12.1 Å². The molecule has 0 aliphatic heterocycles. The summed E-state index contributed by atoms with van der Waals surface area (Å²) in [5.41, 5.74) is 1.21. The summed E-state index contributed by atoms with van der Waals surface area (Å²) in [4.78, 5) is 14.9. The normalized spacial score (nSPS) is 13.2. The molecule has 0 saturated heterocycles. The molecule has 0 unspecified atom stereocenters. The van der Waals surface area contributed by atoms with Crippen molar-refractivity contribution in [3.8, 4) is 17.2 Å². The van der Waals surface area contributed by atoms with Gasteiger partial charge in [-0.2, -0.15) is 0 Å². The van der Waals surface area contributed by atoms with E-state index < -0.39 is 0 Å². The van der Waals surface area contributed by atoms with E-state index in [4.69, 9.17) is 14.2 Å². The number of nitrogens with zero attached hydrogens (tertiary/aromatic N) is 1. The van der Waals surface area contributed by atoms with E-state index in [1.165, 1.54) is 33.5 Å². The standard InChI is InChI=1S/C20H22FNO4/c1-24-17-10-14(11-18(25-2)19(17)26-3)20(23)22(16-7-8-16)12-13-5-4-6-15(21)9-13/h4-6,9-11,16H,7-8,12H2,1-3H3. The highest BCUT2D eigenvalue weighted by atomic mass is 19.1. The number of hydrogen-bond acceptors (Lipinski definition) is 4. The summed E-state index contributed by atoms with van der Waals surface area (Å²) in [6.45, 7) is 0.359. The lowest BCUT2D eigenvalue weighted by atomic mass is 10.1. The largest absolute Gasteiger partial charge is 0.493 e. The number of rotatable bonds is 7. The quantitative estimate of drug-likeness (QED) is 0.757. The van der Waals surface area contributed by atoms with Crippen molar-refractivity contribution in [2.24, 2.45) is 0 Å². The lowest BCUT2D eigenvalue weighted by molar-refractivity contribution is 0.0729. The first kappa shape index (κ1) is 18.0. The fraction of sp³-hybridized carbons (Fsp3) is 0.350. The third-order valence-corrected chi connectivity index (χ3v) is 4.40. The van der Waals surface area contributed by atoms with Gasteiger partial charge in [0.25, 0.3) is 5.91 Å². The van der Waals surface area contributed by atoms with Crippen molar-refractivity contribution in [1.82, 2.24) is 4.90 Å². The third kappa shape index (κ3) is 3.74. The zero-order valence-electron chi connectivity index (χ0n) is 15.1. The van der Waals surface area contributed by atoms with E-state index in [1.54, 1.807) is 23.1 Å². The highest BCUT2D eigenvalue weighted by molar-refractivity contribution is 5.96. The van der Waals surface area contributed by atoms with Crippen LogP contribution in [0.2, 0.25) is 0 Å². The van der Waals surface area contributed by atoms with Gasteiger partial charge in [0.1, 0.15) is 5.82 Å². The average Bonchev–Trinajstić information content (AvgIpc) is 3.49. The summed E-state index contributed by atoms with van der Waals surface area (Å²) < 4.78 is 29.5. The van der Waals surface area contributed by atoms with Crippen molar-refractivity contribution in [3.05, 3.63) is 53.3 Å². The molecular weight excluding hydrogens is 337 g/mol. The van der Waals surface area contributed by atoms with Crippen molar-refractivity contribution >= 4 is 5.91 Å². The van der Waals surface area contributed by atoms with E-state index in [0.29, 0.717) is 29.4 Å². The molecule has 0 atom stereocenters. The van der Waals surface area contributed by atoms with Gasteiger partial charge in [-0.15, -0.1) is 0 Å². The number of carbonyl (C=O) groups excluding carboxylic acids is 1. The number of carbonyl (C=O) groups is 1. The fourth-order valence-corrected chi connectivity index (χ4v) is 2.96. The molecule has 1 fully saturated rings. The number of benzene rings is 2. The molecular formula is C20H22FNO4. The lowest BCUT2D eigenvalue weighted by Gasteiger charge is -2.23. The summed E-state index contributed by atoms with van der Waals surface area (Å²) >= 11 is 0. The highest BCUT2D eigenvalue weighted by Crippen LogP contribution is 2.39. The van der Waals surface area contributed by atoms with Crippen molar-refractivity contribution in [2.75, 3.05) is 21.3 Å². The van der Waals surface area contributed by atoms with Crippen molar-refractivity contribution in [1.29, 1.82) is 0 Å². The Morgan fingerprint density at radius 3 is 2.23 bits per heavy atom. The topological polar surface area (TPSA) is 48.0 Å². The van der Waals surface area contributed by atoms with Gasteiger partial charge in [0, 0.05) is 18.2 Å². The fourth-order valence-electron chi connectivity index (χ4n) is 2.96. The average molecular weight is 359 g/mol. The maximum Gasteiger partial charge on any atom is 0.254 e. The van der Waals surface area contributed by atoms with Crippen LogP contribution in [0.5, 0.6) is 17.2 Å². The minimum Gasteiger partial charge on any atom is -0.493 e. The molecule has 0 heterocycles. The molecule has 1 amide bonds. The molecule has 0 radical (unpaired) electrons. The molecule has 1 aliphatic carbocycles. The van der Waals surface area contributed by atoms with Gasteiger partial charge in [-0.3, -0.25) is 4.79 Å². The molecule has 0 N–H and O–H groups in total. The molecule has 2 aromatic carbocycles. The maximum atomic E-state index is 13.5. The van der Waals surface area contributed by atoms with Gasteiger partial charge in [-0.05, 0) is 42.7 Å². The Balaban J connectivity index is 1.92. The van der Waals surface area contributed by atoms with Gasteiger partial charge in [0.2, 0.25) is 5.75 Å². The van der Waals surface area contributed by atoms with E-state index in [-0.39, 0.29) is 17.8 Å². The Hall–Kier alpha value is -2.76. The first-order valence-electron chi connectivity index (χ1n) is 8.42. The lowest BCUT2D eigenvalue weighted by Crippen LogP contribution is -2.32. The summed E-state index contributed by atoms with van der Waals surface area (Å²) in [5.74, 6) is 0.845. The summed E-state index contributed by atoms with van der Waals surface area (Å²) in [7, 11) is 4.54. The number of hydrogen-bond donors (Lipinski definition) is 0. The van der Waals surface area contributed by atoms with Crippen LogP contribution < -0.4 is 14.2 Å². The van der Waals surface area contributed by atoms with Gasteiger partial charge >= 0.3 is 0 Å². The van der Waals surface area contributed by atoms with E-state index in [2.05, 4.69) is 0 Å². The SMILES string of the molecule is COc1cc(C(=O)N(Cc2cccc(F)c2)C2CC2)cc(OC)c1OC. The summed E-state index contributed by atoms with van der Waals surface area (Å²) in [6.07, 6.45) is 1.90. The molecule has 3 rings (SSSR count). The smallest absolute Gasteiger partial charge is 0.254 e. The molecule has 26 heavy (non-hydrogen) atoms. The predicted octanol–water partition coefficient (Wildman–Crippen LogP) is 3.66. The van der Waals surface area contributed by atoms with Crippen LogP contribution >= 0.6 is 0 Å². The van der Waals surface area contributed by atoms with E-state index in [0.717, 1.165) is 18.4 Å². The number of halogens is 1. The summed E-state index contributed by atoms with van der Waals surface area (Å²) in [6, 6.07) is 9.78. The second-order valence-corrected chi connectivity index (χ2v) is 6.21. The third-order valence-electron chi connectivity index (χ3n) is 4.40. The van der Waals surface area contributed by atoms with E-state index in [1.807, 2.05) is 6.07 Å². The molecule has 1 aliphatic rings. The van der Waals surface area contributed by atoms with Crippen LogP contribution in [-0.2, 0) is 6.54 Å². The molecule has 0 spiro atoms. The molecule has 5 nitrogen and oxygen atoms in total. The van der Waals surface area contributed by atoms with Crippen LogP contribution in [0.1, 0.15) is 28.8 Å².